The Labute approximate surface area is 121 Å². The third-order valence-electron chi connectivity index (χ3n) is 4.70. The Morgan fingerprint density at radius 1 is 1.05 bits per heavy atom. The predicted octanol–water partition coefficient (Wildman–Crippen LogP) is 1.90. The van der Waals surface area contributed by atoms with E-state index < -0.39 is 0 Å². The summed E-state index contributed by atoms with van der Waals surface area (Å²) in [7, 11) is 2.04. The van der Waals surface area contributed by atoms with E-state index in [2.05, 4.69) is 14.4 Å². The van der Waals surface area contributed by atoms with E-state index in [1.807, 2.05) is 19.3 Å². The Morgan fingerprint density at radius 3 is 2.65 bits per heavy atom. The molecule has 3 heterocycles. The number of piperidine rings is 1. The average molecular weight is 275 g/mol. The lowest BCUT2D eigenvalue weighted by Crippen LogP contribution is -2.40. The van der Waals surface area contributed by atoms with Crippen molar-refractivity contribution >= 4 is 5.91 Å². The quantitative estimate of drug-likeness (QED) is 0.843. The van der Waals surface area contributed by atoms with E-state index >= 15 is 0 Å². The maximum Gasteiger partial charge on any atom is 0.255 e. The topological polar surface area (TPSA) is 28.5 Å². The molecule has 0 spiro atoms. The molecule has 1 saturated heterocycles. The van der Waals surface area contributed by atoms with Gasteiger partial charge in [-0.1, -0.05) is 6.42 Å². The summed E-state index contributed by atoms with van der Waals surface area (Å²) in [6.45, 7) is 5.24. The first-order chi connectivity index (χ1) is 9.75. The second-order valence-corrected chi connectivity index (χ2v) is 6.09. The highest BCUT2D eigenvalue weighted by molar-refractivity contribution is 5.95. The molecule has 4 nitrogen and oxygen atoms in total. The van der Waals surface area contributed by atoms with Gasteiger partial charge in [0.25, 0.3) is 5.91 Å². The van der Waals surface area contributed by atoms with Gasteiger partial charge >= 0.3 is 0 Å². The Bertz CT molecular complexity index is 474. The van der Waals surface area contributed by atoms with Crippen LogP contribution in [0.5, 0.6) is 0 Å². The number of likely N-dealkylation sites (tertiary alicyclic amines) is 1. The van der Waals surface area contributed by atoms with Gasteiger partial charge in [-0.05, 0) is 44.8 Å². The Kier molecular flexibility index (Phi) is 4.10. The summed E-state index contributed by atoms with van der Waals surface area (Å²) in [5.74, 6) is 0.232. The van der Waals surface area contributed by atoms with Crippen molar-refractivity contribution in [1.29, 1.82) is 0 Å². The van der Waals surface area contributed by atoms with E-state index in [9.17, 15) is 4.79 Å². The van der Waals surface area contributed by atoms with E-state index in [0.717, 1.165) is 38.0 Å². The van der Waals surface area contributed by atoms with Crippen molar-refractivity contribution in [1.82, 2.24) is 14.4 Å². The summed E-state index contributed by atoms with van der Waals surface area (Å²) in [5.41, 5.74) is 2.12. The van der Waals surface area contributed by atoms with Gasteiger partial charge in [0.05, 0.1) is 5.56 Å². The first-order valence-corrected chi connectivity index (χ1v) is 7.91. The molecular formula is C16H25N3O. The van der Waals surface area contributed by atoms with Crippen molar-refractivity contribution < 1.29 is 4.79 Å². The van der Waals surface area contributed by atoms with Gasteiger partial charge in [0.15, 0.2) is 0 Å². The maximum atomic E-state index is 12.6. The van der Waals surface area contributed by atoms with Crippen molar-refractivity contribution in [2.45, 2.75) is 32.1 Å². The monoisotopic (exact) mass is 275 g/mol. The molecule has 1 amide bonds. The predicted molar refractivity (Wildman–Crippen MR) is 79.9 cm³/mol. The van der Waals surface area contributed by atoms with Gasteiger partial charge < -0.3 is 14.4 Å². The SMILES string of the molecule is Cn1ccc2c1CCCN(CCN1CCCCC1)C2=O. The fourth-order valence-electron chi connectivity index (χ4n) is 3.44. The number of aromatic nitrogens is 1. The van der Waals surface area contributed by atoms with E-state index in [-0.39, 0.29) is 5.91 Å². The molecule has 3 rings (SSSR count). The molecule has 0 N–H and O–H groups in total. The van der Waals surface area contributed by atoms with Gasteiger partial charge in [-0.25, -0.2) is 0 Å². The first kappa shape index (κ1) is 13.7. The van der Waals surface area contributed by atoms with Crippen molar-refractivity contribution in [3.05, 3.63) is 23.5 Å². The van der Waals surface area contributed by atoms with Crippen LogP contribution in [0.4, 0.5) is 0 Å². The second-order valence-electron chi connectivity index (χ2n) is 6.09. The van der Waals surface area contributed by atoms with Gasteiger partial charge in [0.1, 0.15) is 0 Å². The minimum absolute atomic E-state index is 0.232. The van der Waals surface area contributed by atoms with E-state index in [4.69, 9.17) is 0 Å². The lowest BCUT2D eigenvalue weighted by Gasteiger charge is -2.29. The number of carbonyl (C=O) groups excluding carboxylic acids is 1. The smallest absolute Gasteiger partial charge is 0.255 e. The molecule has 1 aromatic heterocycles. The van der Waals surface area contributed by atoms with E-state index in [0.29, 0.717) is 0 Å². The number of carbonyl (C=O) groups is 1. The highest BCUT2D eigenvalue weighted by Crippen LogP contribution is 2.19. The van der Waals surface area contributed by atoms with Crippen LogP contribution in [0, 0.1) is 0 Å². The molecule has 0 aliphatic carbocycles. The van der Waals surface area contributed by atoms with E-state index in [1.165, 1.54) is 38.0 Å². The van der Waals surface area contributed by atoms with Gasteiger partial charge in [0.2, 0.25) is 0 Å². The van der Waals surface area contributed by atoms with Crippen LogP contribution in [-0.4, -0.2) is 53.0 Å². The molecule has 1 fully saturated rings. The Morgan fingerprint density at radius 2 is 1.85 bits per heavy atom. The number of hydrogen-bond acceptors (Lipinski definition) is 2. The zero-order valence-electron chi connectivity index (χ0n) is 12.5. The number of aryl methyl sites for hydroxylation is 1. The minimum Gasteiger partial charge on any atom is -0.354 e. The van der Waals surface area contributed by atoms with Crippen LogP contribution in [0.3, 0.4) is 0 Å². The van der Waals surface area contributed by atoms with Gasteiger partial charge in [0, 0.05) is 38.6 Å². The first-order valence-electron chi connectivity index (χ1n) is 7.91. The van der Waals surface area contributed by atoms with Gasteiger partial charge in [-0.3, -0.25) is 4.79 Å². The van der Waals surface area contributed by atoms with Crippen LogP contribution in [-0.2, 0) is 13.5 Å². The van der Waals surface area contributed by atoms with Crippen LogP contribution in [0.25, 0.3) is 0 Å². The largest absolute Gasteiger partial charge is 0.354 e. The van der Waals surface area contributed by atoms with Crippen molar-refractivity contribution in [2.24, 2.45) is 7.05 Å². The number of nitrogens with zero attached hydrogens (tertiary/aromatic N) is 3. The zero-order valence-corrected chi connectivity index (χ0v) is 12.5. The van der Waals surface area contributed by atoms with Crippen molar-refractivity contribution in [3.8, 4) is 0 Å². The normalized spacial score (nSPS) is 20.9. The highest BCUT2D eigenvalue weighted by atomic mass is 16.2. The zero-order chi connectivity index (χ0) is 13.9. The lowest BCUT2D eigenvalue weighted by molar-refractivity contribution is 0.0735. The summed E-state index contributed by atoms with van der Waals surface area (Å²) in [4.78, 5) is 17.2. The molecule has 0 saturated carbocycles. The molecule has 1 aromatic rings. The maximum absolute atomic E-state index is 12.6. The molecule has 110 valence electrons. The molecule has 0 radical (unpaired) electrons. The lowest BCUT2D eigenvalue weighted by atomic mass is 10.1. The molecule has 20 heavy (non-hydrogen) atoms. The third kappa shape index (κ3) is 2.75. The van der Waals surface area contributed by atoms with Gasteiger partial charge in [-0.15, -0.1) is 0 Å². The van der Waals surface area contributed by atoms with Gasteiger partial charge in [-0.2, -0.15) is 0 Å². The molecule has 0 unspecified atom stereocenters. The third-order valence-corrected chi connectivity index (χ3v) is 4.70. The van der Waals surface area contributed by atoms with Crippen LogP contribution < -0.4 is 0 Å². The summed E-state index contributed by atoms with van der Waals surface area (Å²) < 4.78 is 2.10. The molecular weight excluding hydrogens is 250 g/mol. The number of amides is 1. The number of rotatable bonds is 3. The average Bonchev–Trinajstić information content (AvgIpc) is 2.76. The molecule has 0 bridgehead atoms. The summed E-state index contributed by atoms with van der Waals surface area (Å²) in [6, 6.07) is 1.98. The molecule has 2 aliphatic heterocycles. The molecule has 2 aliphatic rings. The van der Waals surface area contributed by atoms with Crippen molar-refractivity contribution in [2.75, 3.05) is 32.7 Å². The van der Waals surface area contributed by atoms with Crippen molar-refractivity contribution in [3.63, 3.8) is 0 Å². The fourth-order valence-corrected chi connectivity index (χ4v) is 3.44. The standard InChI is InChI=1S/C16H25N3O/c1-17-11-7-14-15(17)6-5-10-19(16(14)20)13-12-18-8-3-2-4-9-18/h7,11H,2-6,8-10,12-13H2,1H3. The second kappa shape index (κ2) is 6.00. The summed E-state index contributed by atoms with van der Waals surface area (Å²) in [5, 5.41) is 0. The Hall–Kier alpha value is -1.29. The Balaban J connectivity index is 1.63. The molecule has 4 heteroatoms. The summed E-state index contributed by atoms with van der Waals surface area (Å²) in [6.07, 6.45) is 8.11. The molecule has 0 atom stereocenters. The highest BCUT2D eigenvalue weighted by Gasteiger charge is 2.24. The number of hydrogen-bond donors (Lipinski definition) is 0. The van der Waals surface area contributed by atoms with Crippen LogP contribution >= 0.6 is 0 Å². The van der Waals surface area contributed by atoms with Crippen LogP contribution in [0.2, 0.25) is 0 Å². The minimum atomic E-state index is 0.232. The van der Waals surface area contributed by atoms with Crippen LogP contribution in [0.1, 0.15) is 41.7 Å². The number of fused-ring (bicyclic) bond motifs is 1. The molecule has 0 aromatic carbocycles. The van der Waals surface area contributed by atoms with E-state index in [1.54, 1.807) is 0 Å². The fraction of sp³-hybridized carbons (Fsp3) is 0.688. The van der Waals surface area contributed by atoms with Crippen LogP contribution in [0.15, 0.2) is 12.3 Å². The summed E-state index contributed by atoms with van der Waals surface area (Å²) >= 11 is 0.